The molecule has 0 fully saturated rings. The van der Waals surface area contributed by atoms with Crippen molar-refractivity contribution in [3.8, 4) is 0 Å². The summed E-state index contributed by atoms with van der Waals surface area (Å²) in [4.78, 5) is 42.0. The third-order valence-electron chi connectivity index (χ3n) is 5.97. The fourth-order valence-electron chi connectivity index (χ4n) is 4.76. The van der Waals surface area contributed by atoms with Gasteiger partial charge in [0, 0.05) is 30.6 Å². The minimum Gasteiger partial charge on any atom is -0.462 e. The number of carbonyl (C=O) groups is 3. The molecule has 1 aromatic carbocycles. The second-order valence-electron chi connectivity index (χ2n) is 7.71. The van der Waals surface area contributed by atoms with Crippen LogP contribution in [0.5, 0.6) is 0 Å². The van der Waals surface area contributed by atoms with Gasteiger partial charge in [-0.2, -0.15) is 0 Å². The first-order chi connectivity index (χ1) is 14.5. The molecule has 1 amide bonds. The molecule has 0 bridgehead atoms. The van der Waals surface area contributed by atoms with Crippen LogP contribution < -0.4 is 10.6 Å². The van der Waals surface area contributed by atoms with Crippen LogP contribution in [-0.2, 0) is 29.3 Å². The highest BCUT2D eigenvalue weighted by atomic mass is 16.5. The predicted molar refractivity (Wildman–Crippen MR) is 110 cm³/mol. The number of hydrogen-bond donors (Lipinski definition) is 1. The number of Topliss-reactive ketones (excluding diaryl/α,β-unsaturated/α-hetero) is 1. The van der Waals surface area contributed by atoms with E-state index in [0.717, 1.165) is 12.8 Å². The minimum atomic E-state index is -1.62. The van der Waals surface area contributed by atoms with Crippen LogP contribution in [0.4, 0.5) is 5.69 Å². The fraction of sp³-hybridized carbons (Fsp3) is 0.435. The molecule has 1 aliphatic carbocycles. The van der Waals surface area contributed by atoms with Crippen LogP contribution in [0.1, 0.15) is 51.5 Å². The van der Waals surface area contributed by atoms with Crippen LogP contribution in [0.3, 0.4) is 0 Å². The van der Waals surface area contributed by atoms with E-state index in [1.807, 2.05) is 19.1 Å². The summed E-state index contributed by atoms with van der Waals surface area (Å²) in [6.45, 7) is 4.33. The zero-order valence-corrected chi connectivity index (χ0v) is 17.3. The lowest BCUT2D eigenvalue weighted by Gasteiger charge is -2.38. The summed E-state index contributed by atoms with van der Waals surface area (Å²) in [6.07, 6.45) is 3.09. The summed E-state index contributed by atoms with van der Waals surface area (Å²) in [5.41, 5.74) is 6.03. The molecule has 1 spiro atoms. The number of unbranched alkanes of at least 4 members (excludes halogenated alkanes) is 1. The molecule has 7 heteroatoms. The van der Waals surface area contributed by atoms with Gasteiger partial charge in [-0.05, 0) is 25.8 Å². The number of para-hydroxylation sites is 1. The van der Waals surface area contributed by atoms with Crippen LogP contribution >= 0.6 is 0 Å². The molecular formula is C23H26N2O5. The maximum absolute atomic E-state index is 14.1. The summed E-state index contributed by atoms with van der Waals surface area (Å²) in [6, 6.07) is 7.29. The molecule has 1 aromatic rings. The van der Waals surface area contributed by atoms with Gasteiger partial charge in [-0.1, -0.05) is 31.5 Å². The van der Waals surface area contributed by atoms with Crippen LogP contribution in [-0.4, -0.2) is 30.8 Å². The molecule has 1 atom stereocenters. The molecule has 0 aromatic heterocycles. The molecule has 158 valence electrons. The molecule has 2 aliphatic heterocycles. The van der Waals surface area contributed by atoms with Crippen molar-refractivity contribution in [3.05, 3.63) is 52.6 Å². The van der Waals surface area contributed by atoms with Gasteiger partial charge in [0.15, 0.2) is 5.78 Å². The molecule has 3 aliphatic rings. The summed E-state index contributed by atoms with van der Waals surface area (Å²) in [5.74, 6) is -1.04. The second kappa shape index (κ2) is 7.63. The third-order valence-corrected chi connectivity index (χ3v) is 5.97. The minimum absolute atomic E-state index is 0.0881. The number of nitrogens with two attached hydrogens (primary N) is 1. The predicted octanol–water partition coefficient (Wildman–Crippen LogP) is 2.84. The number of anilines is 1. The topological polar surface area (TPSA) is 98.9 Å². The molecule has 7 nitrogen and oxygen atoms in total. The van der Waals surface area contributed by atoms with Gasteiger partial charge in [-0.15, -0.1) is 0 Å². The Morgan fingerprint density at radius 2 is 2.00 bits per heavy atom. The average molecular weight is 410 g/mol. The van der Waals surface area contributed by atoms with E-state index in [2.05, 4.69) is 0 Å². The lowest BCUT2D eigenvalue weighted by molar-refractivity contribution is -0.141. The van der Waals surface area contributed by atoms with E-state index < -0.39 is 11.4 Å². The van der Waals surface area contributed by atoms with Gasteiger partial charge >= 0.3 is 5.97 Å². The van der Waals surface area contributed by atoms with Crippen LogP contribution in [0.25, 0.3) is 0 Å². The number of ketones is 1. The Bertz CT molecular complexity index is 993. The smallest absolute Gasteiger partial charge is 0.341 e. The molecular weight excluding hydrogens is 384 g/mol. The lowest BCUT2D eigenvalue weighted by atomic mass is 9.64. The first-order valence-corrected chi connectivity index (χ1v) is 10.5. The molecule has 4 rings (SSSR count). The Hall–Kier alpha value is -3.09. The largest absolute Gasteiger partial charge is 0.462 e. The van der Waals surface area contributed by atoms with Crippen LogP contribution in [0.15, 0.2) is 47.1 Å². The SMILES string of the molecule is CCCCN1C(=O)C2(C(C(=O)OCC)=C(N)OC3=C2C(=O)CCC3)c2ccccc21. The van der Waals surface area contributed by atoms with E-state index in [9.17, 15) is 14.4 Å². The Morgan fingerprint density at radius 1 is 1.23 bits per heavy atom. The van der Waals surface area contributed by atoms with Gasteiger partial charge in [-0.25, -0.2) is 4.79 Å². The Balaban J connectivity index is 2.04. The summed E-state index contributed by atoms with van der Waals surface area (Å²) < 4.78 is 11.0. The molecule has 2 heterocycles. The Labute approximate surface area is 175 Å². The average Bonchev–Trinajstić information content (AvgIpc) is 2.95. The van der Waals surface area contributed by atoms with Gasteiger partial charge in [0.25, 0.3) is 0 Å². The van der Waals surface area contributed by atoms with Gasteiger partial charge in [0.2, 0.25) is 11.8 Å². The van der Waals surface area contributed by atoms with Crippen molar-refractivity contribution < 1.29 is 23.9 Å². The summed E-state index contributed by atoms with van der Waals surface area (Å²) in [5, 5.41) is 0. The second-order valence-corrected chi connectivity index (χ2v) is 7.71. The van der Waals surface area contributed by atoms with Crippen molar-refractivity contribution in [3.63, 3.8) is 0 Å². The van der Waals surface area contributed by atoms with Crippen molar-refractivity contribution in [2.75, 3.05) is 18.1 Å². The molecule has 0 saturated carbocycles. The van der Waals surface area contributed by atoms with E-state index >= 15 is 0 Å². The molecule has 30 heavy (non-hydrogen) atoms. The number of allylic oxidation sites excluding steroid dienone is 1. The van der Waals surface area contributed by atoms with E-state index in [1.165, 1.54) is 0 Å². The van der Waals surface area contributed by atoms with Crippen molar-refractivity contribution in [1.29, 1.82) is 0 Å². The quantitative estimate of drug-likeness (QED) is 0.750. The molecule has 0 saturated heterocycles. The summed E-state index contributed by atoms with van der Waals surface area (Å²) >= 11 is 0. The number of ether oxygens (including phenoxy) is 2. The highest BCUT2D eigenvalue weighted by Gasteiger charge is 2.63. The normalized spacial score (nSPS) is 22.9. The zero-order valence-electron chi connectivity index (χ0n) is 17.3. The Kier molecular flexibility index (Phi) is 5.13. The number of carbonyl (C=O) groups excluding carboxylic acids is 3. The van der Waals surface area contributed by atoms with Gasteiger partial charge in [-0.3, -0.25) is 9.59 Å². The Morgan fingerprint density at radius 3 is 2.73 bits per heavy atom. The highest BCUT2D eigenvalue weighted by molar-refractivity contribution is 6.23. The first kappa shape index (κ1) is 20.2. The van der Waals surface area contributed by atoms with Gasteiger partial charge in [0.1, 0.15) is 16.7 Å². The zero-order chi connectivity index (χ0) is 21.5. The van der Waals surface area contributed by atoms with Crippen molar-refractivity contribution in [2.45, 2.75) is 51.4 Å². The highest BCUT2D eigenvalue weighted by Crippen LogP contribution is 2.56. The van der Waals surface area contributed by atoms with Gasteiger partial charge < -0.3 is 20.1 Å². The molecule has 1 unspecified atom stereocenters. The number of nitrogens with zero attached hydrogens (tertiary/aromatic N) is 1. The molecule has 2 N–H and O–H groups in total. The van der Waals surface area contributed by atoms with Crippen molar-refractivity contribution in [1.82, 2.24) is 0 Å². The number of esters is 1. The van der Waals surface area contributed by atoms with E-state index in [1.54, 1.807) is 24.0 Å². The van der Waals surface area contributed by atoms with E-state index in [0.29, 0.717) is 42.8 Å². The maximum Gasteiger partial charge on any atom is 0.341 e. The standard InChI is InChI=1S/C23H26N2O5/c1-3-5-13-25-15-10-7-6-9-14(15)23(22(25)28)18-16(26)11-8-12-17(18)30-20(24)19(23)21(27)29-4-2/h6-7,9-10H,3-5,8,11-13,24H2,1-2H3. The van der Waals surface area contributed by atoms with Crippen LogP contribution in [0, 0.1) is 0 Å². The summed E-state index contributed by atoms with van der Waals surface area (Å²) in [7, 11) is 0. The van der Waals surface area contributed by atoms with Crippen molar-refractivity contribution >= 4 is 23.3 Å². The number of benzene rings is 1. The number of fused-ring (bicyclic) bond motifs is 3. The maximum atomic E-state index is 14.1. The van der Waals surface area contributed by atoms with Gasteiger partial charge in [0.05, 0.1) is 12.2 Å². The van der Waals surface area contributed by atoms with Crippen molar-refractivity contribution in [2.24, 2.45) is 5.73 Å². The van der Waals surface area contributed by atoms with Crippen LogP contribution in [0.2, 0.25) is 0 Å². The fourth-order valence-corrected chi connectivity index (χ4v) is 4.76. The molecule has 0 radical (unpaired) electrons. The third kappa shape index (κ3) is 2.68. The van der Waals surface area contributed by atoms with E-state index in [-0.39, 0.29) is 35.3 Å². The number of hydrogen-bond acceptors (Lipinski definition) is 6. The monoisotopic (exact) mass is 410 g/mol. The van der Waals surface area contributed by atoms with E-state index in [4.69, 9.17) is 15.2 Å². The first-order valence-electron chi connectivity index (χ1n) is 10.5. The lowest BCUT2D eigenvalue weighted by Crippen LogP contribution is -2.51. The number of rotatable bonds is 5. The number of amides is 1.